The number of hydrogen-bond donors (Lipinski definition) is 2. The number of likely N-dealkylation sites (N-methyl/N-ethyl adjacent to an activating group) is 1. The fraction of sp³-hybridized carbons (Fsp3) is 0.588. The molecule has 0 saturated heterocycles. The second-order valence-corrected chi connectivity index (χ2v) is 5.83. The number of aliphatic hydroxyl groups is 2. The third-order valence-electron chi connectivity index (χ3n) is 4.39. The lowest BCUT2D eigenvalue weighted by Crippen LogP contribution is -2.42. The van der Waals surface area contributed by atoms with Gasteiger partial charge in [-0.25, -0.2) is 0 Å². The highest BCUT2D eigenvalue weighted by molar-refractivity contribution is 5.78. The van der Waals surface area contributed by atoms with E-state index in [0.717, 1.165) is 19.3 Å². The Hall–Kier alpha value is -1.43. The van der Waals surface area contributed by atoms with Crippen molar-refractivity contribution in [3.63, 3.8) is 0 Å². The van der Waals surface area contributed by atoms with Crippen molar-refractivity contribution in [2.24, 2.45) is 0 Å². The van der Waals surface area contributed by atoms with Crippen molar-refractivity contribution in [1.82, 2.24) is 9.80 Å². The number of carbonyl (C=O) groups excluding carboxylic acids is 1. The van der Waals surface area contributed by atoms with Crippen LogP contribution in [0.25, 0.3) is 0 Å². The third-order valence-corrected chi connectivity index (χ3v) is 4.39. The van der Waals surface area contributed by atoms with Crippen molar-refractivity contribution in [2.45, 2.75) is 25.3 Å². The number of aryl methyl sites for hydroxylation is 1. The summed E-state index contributed by atoms with van der Waals surface area (Å²) in [6.07, 6.45) is 3.16. The SMILES string of the molecule is CN(C(=O)CN(CCO)CCO)C1CCCc2ccccc21. The van der Waals surface area contributed by atoms with E-state index in [-0.39, 0.29) is 31.7 Å². The smallest absolute Gasteiger partial charge is 0.237 e. The van der Waals surface area contributed by atoms with E-state index in [4.69, 9.17) is 10.2 Å². The summed E-state index contributed by atoms with van der Waals surface area (Å²) in [5, 5.41) is 18.1. The minimum absolute atomic E-state index is 0.0107. The van der Waals surface area contributed by atoms with Crippen molar-refractivity contribution in [1.29, 1.82) is 0 Å². The van der Waals surface area contributed by atoms with Gasteiger partial charge in [-0.05, 0) is 30.4 Å². The number of hydrogen-bond acceptors (Lipinski definition) is 4. The number of carbonyl (C=O) groups is 1. The molecule has 1 aromatic rings. The first-order chi connectivity index (χ1) is 10.7. The van der Waals surface area contributed by atoms with Crippen molar-refractivity contribution in [3.05, 3.63) is 35.4 Å². The van der Waals surface area contributed by atoms with Gasteiger partial charge in [0.05, 0.1) is 25.8 Å². The van der Waals surface area contributed by atoms with Gasteiger partial charge in [0.15, 0.2) is 0 Å². The molecule has 1 aliphatic rings. The molecule has 2 N–H and O–H groups in total. The molecule has 2 rings (SSSR count). The number of aliphatic hydroxyl groups excluding tert-OH is 2. The molecular weight excluding hydrogens is 280 g/mol. The van der Waals surface area contributed by atoms with Crippen molar-refractivity contribution < 1.29 is 15.0 Å². The molecule has 0 heterocycles. The molecular formula is C17H26N2O3. The molecule has 1 atom stereocenters. The average molecular weight is 306 g/mol. The quantitative estimate of drug-likeness (QED) is 0.782. The lowest BCUT2D eigenvalue weighted by Gasteiger charge is -2.34. The predicted octanol–water partition coefficient (Wildman–Crippen LogP) is 0.809. The van der Waals surface area contributed by atoms with Crippen LogP contribution in [0, 0.1) is 0 Å². The van der Waals surface area contributed by atoms with E-state index in [2.05, 4.69) is 12.1 Å². The Balaban J connectivity index is 2.04. The molecule has 1 unspecified atom stereocenters. The van der Waals surface area contributed by atoms with Crippen molar-refractivity contribution in [3.8, 4) is 0 Å². The maximum Gasteiger partial charge on any atom is 0.237 e. The zero-order valence-electron chi connectivity index (χ0n) is 13.2. The lowest BCUT2D eigenvalue weighted by atomic mass is 9.87. The summed E-state index contributed by atoms with van der Waals surface area (Å²) in [5.74, 6) is 0.0311. The van der Waals surface area contributed by atoms with Crippen LogP contribution in [-0.4, -0.2) is 65.8 Å². The molecule has 0 bridgehead atoms. The number of fused-ring (bicyclic) bond motifs is 1. The maximum absolute atomic E-state index is 12.5. The van der Waals surface area contributed by atoms with Crippen LogP contribution in [0.3, 0.4) is 0 Å². The van der Waals surface area contributed by atoms with E-state index in [9.17, 15) is 4.79 Å². The summed E-state index contributed by atoms with van der Waals surface area (Å²) in [6, 6.07) is 8.46. The molecule has 22 heavy (non-hydrogen) atoms. The van der Waals surface area contributed by atoms with E-state index < -0.39 is 0 Å². The van der Waals surface area contributed by atoms with E-state index >= 15 is 0 Å². The molecule has 122 valence electrons. The summed E-state index contributed by atoms with van der Waals surface area (Å²) in [4.78, 5) is 16.1. The third kappa shape index (κ3) is 4.06. The standard InChI is InChI=1S/C17H26N2O3/c1-18(17(22)13-19(9-11-20)10-12-21)16-8-4-6-14-5-2-3-7-15(14)16/h2-3,5,7,16,20-21H,4,6,8-13H2,1H3. The van der Waals surface area contributed by atoms with Gasteiger partial charge in [-0.15, -0.1) is 0 Å². The molecule has 0 spiro atoms. The van der Waals surface area contributed by atoms with Crippen LogP contribution < -0.4 is 0 Å². The van der Waals surface area contributed by atoms with E-state index in [1.54, 1.807) is 4.90 Å². The van der Waals surface area contributed by atoms with Gasteiger partial charge in [0.1, 0.15) is 0 Å². The van der Waals surface area contributed by atoms with Gasteiger partial charge < -0.3 is 15.1 Å². The van der Waals surface area contributed by atoms with Crippen LogP contribution in [0.4, 0.5) is 0 Å². The molecule has 0 fully saturated rings. The van der Waals surface area contributed by atoms with Crippen LogP contribution in [0.5, 0.6) is 0 Å². The van der Waals surface area contributed by atoms with Crippen molar-refractivity contribution >= 4 is 5.91 Å². The Labute approximate surface area is 132 Å². The Morgan fingerprint density at radius 3 is 2.59 bits per heavy atom. The summed E-state index contributed by atoms with van der Waals surface area (Å²) < 4.78 is 0. The first-order valence-electron chi connectivity index (χ1n) is 7.95. The summed E-state index contributed by atoms with van der Waals surface area (Å²) in [7, 11) is 1.85. The van der Waals surface area contributed by atoms with Gasteiger partial charge in [-0.3, -0.25) is 9.69 Å². The van der Waals surface area contributed by atoms with Gasteiger partial charge in [0, 0.05) is 20.1 Å². The first kappa shape index (κ1) is 16.9. The molecule has 1 amide bonds. The van der Waals surface area contributed by atoms with Crippen LogP contribution >= 0.6 is 0 Å². The van der Waals surface area contributed by atoms with E-state index in [1.807, 2.05) is 24.1 Å². The van der Waals surface area contributed by atoms with Gasteiger partial charge in [0.2, 0.25) is 5.91 Å². The second-order valence-electron chi connectivity index (χ2n) is 5.83. The molecule has 0 radical (unpaired) electrons. The first-order valence-corrected chi connectivity index (χ1v) is 7.95. The molecule has 0 aromatic heterocycles. The van der Waals surface area contributed by atoms with Crippen LogP contribution in [-0.2, 0) is 11.2 Å². The number of nitrogens with zero attached hydrogens (tertiary/aromatic N) is 2. The van der Waals surface area contributed by atoms with Crippen LogP contribution in [0.2, 0.25) is 0 Å². The Morgan fingerprint density at radius 1 is 1.23 bits per heavy atom. The largest absolute Gasteiger partial charge is 0.395 e. The highest BCUT2D eigenvalue weighted by Gasteiger charge is 2.27. The zero-order valence-corrected chi connectivity index (χ0v) is 13.2. The number of amides is 1. The van der Waals surface area contributed by atoms with Gasteiger partial charge >= 0.3 is 0 Å². The van der Waals surface area contributed by atoms with Gasteiger partial charge in [-0.1, -0.05) is 24.3 Å². The van der Waals surface area contributed by atoms with Crippen molar-refractivity contribution in [2.75, 3.05) is 39.9 Å². The topological polar surface area (TPSA) is 64.0 Å². The molecule has 1 aliphatic carbocycles. The fourth-order valence-electron chi connectivity index (χ4n) is 3.16. The Morgan fingerprint density at radius 2 is 1.91 bits per heavy atom. The summed E-state index contributed by atoms with van der Waals surface area (Å²) in [6.45, 7) is 1.02. The van der Waals surface area contributed by atoms with E-state index in [0.29, 0.717) is 13.1 Å². The number of benzene rings is 1. The predicted molar refractivity (Wildman–Crippen MR) is 85.5 cm³/mol. The minimum atomic E-state index is -0.0107. The zero-order chi connectivity index (χ0) is 15.9. The Bertz CT molecular complexity index is 487. The normalized spacial score (nSPS) is 17.4. The molecule has 1 aromatic carbocycles. The lowest BCUT2D eigenvalue weighted by molar-refractivity contribution is -0.133. The fourth-order valence-corrected chi connectivity index (χ4v) is 3.16. The molecule has 5 nitrogen and oxygen atoms in total. The summed E-state index contributed by atoms with van der Waals surface area (Å²) in [5.41, 5.74) is 2.58. The maximum atomic E-state index is 12.5. The van der Waals surface area contributed by atoms with Crippen LogP contribution in [0.15, 0.2) is 24.3 Å². The highest BCUT2D eigenvalue weighted by atomic mass is 16.3. The summed E-state index contributed by atoms with van der Waals surface area (Å²) >= 11 is 0. The second kappa shape index (κ2) is 8.27. The van der Waals surface area contributed by atoms with E-state index in [1.165, 1.54) is 11.1 Å². The Kier molecular flexibility index (Phi) is 6.36. The average Bonchev–Trinajstić information content (AvgIpc) is 2.54. The molecule has 0 saturated carbocycles. The van der Waals surface area contributed by atoms with Crippen LogP contribution in [0.1, 0.15) is 30.0 Å². The monoisotopic (exact) mass is 306 g/mol. The van der Waals surface area contributed by atoms with Gasteiger partial charge in [0.25, 0.3) is 0 Å². The van der Waals surface area contributed by atoms with Gasteiger partial charge in [-0.2, -0.15) is 0 Å². The minimum Gasteiger partial charge on any atom is -0.395 e. The molecule has 0 aliphatic heterocycles. The molecule has 5 heteroatoms. The highest BCUT2D eigenvalue weighted by Crippen LogP contribution is 2.33. The number of rotatable bonds is 7.